The fourth-order valence-corrected chi connectivity index (χ4v) is 2.63. The van der Waals surface area contributed by atoms with Crippen LogP contribution in [0.2, 0.25) is 0 Å². The minimum absolute atomic E-state index is 0.0432. The van der Waals surface area contributed by atoms with Gasteiger partial charge in [-0.15, -0.1) is 0 Å². The first-order valence-electron chi connectivity index (χ1n) is 6.94. The number of carbonyl (C=O) groups excluding carboxylic acids is 1. The molecule has 0 spiro atoms. The van der Waals surface area contributed by atoms with Gasteiger partial charge in [0.1, 0.15) is 5.69 Å². The monoisotopic (exact) mass is 274 g/mol. The molecule has 1 unspecified atom stereocenters. The number of fused-ring (bicyclic) bond motifs is 1. The second-order valence-corrected chi connectivity index (χ2v) is 5.26. The molecule has 3 heterocycles. The Bertz CT molecular complexity index is 637. The number of aryl methyl sites for hydroxylation is 1. The summed E-state index contributed by atoms with van der Waals surface area (Å²) in [7, 11) is 0. The molecule has 0 saturated carbocycles. The Balaban J connectivity index is 1.93. The Kier molecular flexibility index (Phi) is 3.40. The molecule has 1 atom stereocenters. The summed E-state index contributed by atoms with van der Waals surface area (Å²) in [5.74, 6) is -0.0432. The van der Waals surface area contributed by atoms with Gasteiger partial charge in [-0.2, -0.15) is 5.10 Å². The summed E-state index contributed by atoms with van der Waals surface area (Å²) in [6.45, 7) is 3.14. The third kappa shape index (κ3) is 2.38. The molecule has 6 nitrogen and oxygen atoms in total. The van der Waals surface area contributed by atoms with E-state index < -0.39 is 0 Å². The second kappa shape index (κ2) is 5.20. The van der Waals surface area contributed by atoms with Gasteiger partial charge >= 0.3 is 0 Å². The van der Waals surface area contributed by atoms with Crippen molar-refractivity contribution in [3.8, 4) is 0 Å². The molecule has 1 saturated heterocycles. The van der Waals surface area contributed by atoms with E-state index in [-0.39, 0.29) is 12.0 Å². The van der Waals surface area contributed by atoms with Crippen molar-refractivity contribution in [3.05, 3.63) is 29.7 Å². The van der Waals surface area contributed by atoms with E-state index in [0.29, 0.717) is 30.9 Å². The SMILES string of the molecule is Cc1cc(C(=O)N2CCCC(O)CC2)n2nccc2n1. The van der Waals surface area contributed by atoms with E-state index in [1.807, 2.05) is 6.92 Å². The fourth-order valence-electron chi connectivity index (χ4n) is 2.63. The number of likely N-dealkylation sites (tertiary alicyclic amines) is 1. The lowest BCUT2D eigenvalue weighted by atomic mass is 10.2. The first-order chi connectivity index (χ1) is 9.65. The summed E-state index contributed by atoms with van der Waals surface area (Å²) in [4.78, 5) is 18.8. The van der Waals surface area contributed by atoms with Crippen LogP contribution in [0.5, 0.6) is 0 Å². The van der Waals surface area contributed by atoms with Gasteiger partial charge in [0.2, 0.25) is 0 Å². The predicted molar refractivity (Wildman–Crippen MR) is 73.5 cm³/mol. The number of aliphatic hydroxyl groups is 1. The molecule has 0 aromatic carbocycles. The number of carbonyl (C=O) groups is 1. The Labute approximate surface area is 117 Å². The molecule has 106 valence electrons. The normalized spacial score (nSPS) is 20.1. The molecular formula is C14H18N4O2. The van der Waals surface area contributed by atoms with Crippen molar-refractivity contribution < 1.29 is 9.90 Å². The van der Waals surface area contributed by atoms with E-state index in [9.17, 15) is 9.90 Å². The lowest BCUT2D eigenvalue weighted by Gasteiger charge is -2.20. The van der Waals surface area contributed by atoms with Gasteiger partial charge < -0.3 is 10.0 Å². The lowest BCUT2D eigenvalue weighted by molar-refractivity contribution is 0.0744. The van der Waals surface area contributed by atoms with Crippen LogP contribution in [-0.4, -0.2) is 49.7 Å². The third-order valence-corrected chi connectivity index (χ3v) is 3.69. The molecule has 0 radical (unpaired) electrons. The van der Waals surface area contributed by atoms with Gasteiger partial charge in [0.15, 0.2) is 5.65 Å². The minimum Gasteiger partial charge on any atom is -0.393 e. The highest BCUT2D eigenvalue weighted by Crippen LogP contribution is 2.15. The molecule has 2 aromatic rings. The van der Waals surface area contributed by atoms with Crippen LogP contribution in [0.1, 0.15) is 35.4 Å². The van der Waals surface area contributed by atoms with Crippen LogP contribution in [0.3, 0.4) is 0 Å². The zero-order chi connectivity index (χ0) is 14.1. The first kappa shape index (κ1) is 13.1. The number of aliphatic hydroxyl groups excluding tert-OH is 1. The number of hydrogen-bond acceptors (Lipinski definition) is 4. The van der Waals surface area contributed by atoms with Gasteiger partial charge in [0.25, 0.3) is 5.91 Å². The molecule has 1 N–H and O–H groups in total. The molecule has 1 aliphatic rings. The number of nitrogens with zero attached hydrogens (tertiary/aromatic N) is 4. The molecule has 0 bridgehead atoms. The van der Waals surface area contributed by atoms with Gasteiger partial charge in [-0.3, -0.25) is 4.79 Å². The highest BCUT2D eigenvalue weighted by Gasteiger charge is 2.23. The average Bonchev–Trinajstić information content (AvgIpc) is 2.78. The summed E-state index contributed by atoms with van der Waals surface area (Å²) in [6, 6.07) is 3.56. The molecule has 0 aliphatic carbocycles. The maximum atomic E-state index is 12.7. The van der Waals surface area contributed by atoms with Crippen LogP contribution in [0.25, 0.3) is 5.65 Å². The van der Waals surface area contributed by atoms with Crippen molar-refractivity contribution in [1.82, 2.24) is 19.5 Å². The Hall–Kier alpha value is -1.95. The van der Waals surface area contributed by atoms with Crippen LogP contribution < -0.4 is 0 Å². The Morgan fingerprint density at radius 2 is 2.25 bits per heavy atom. The zero-order valence-electron chi connectivity index (χ0n) is 11.5. The van der Waals surface area contributed by atoms with Gasteiger partial charge in [0, 0.05) is 24.8 Å². The Morgan fingerprint density at radius 1 is 1.40 bits per heavy atom. The maximum absolute atomic E-state index is 12.7. The van der Waals surface area contributed by atoms with E-state index in [2.05, 4.69) is 10.1 Å². The second-order valence-electron chi connectivity index (χ2n) is 5.26. The van der Waals surface area contributed by atoms with Crippen LogP contribution in [-0.2, 0) is 0 Å². The third-order valence-electron chi connectivity index (χ3n) is 3.69. The van der Waals surface area contributed by atoms with Gasteiger partial charge in [-0.25, -0.2) is 9.50 Å². The highest BCUT2D eigenvalue weighted by molar-refractivity contribution is 5.93. The van der Waals surface area contributed by atoms with Crippen molar-refractivity contribution in [1.29, 1.82) is 0 Å². The van der Waals surface area contributed by atoms with Crippen LogP contribution in [0.15, 0.2) is 18.3 Å². The molecule has 6 heteroatoms. The van der Waals surface area contributed by atoms with E-state index in [4.69, 9.17) is 0 Å². The molecule has 20 heavy (non-hydrogen) atoms. The van der Waals surface area contributed by atoms with E-state index in [1.165, 1.54) is 0 Å². The summed E-state index contributed by atoms with van der Waals surface area (Å²) < 4.78 is 1.58. The number of aromatic nitrogens is 3. The largest absolute Gasteiger partial charge is 0.393 e. The standard InChI is InChI=1S/C14H18N4O2/c1-10-9-12(18-13(16-10)4-6-15-18)14(20)17-7-2-3-11(19)5-8-17/h4,6,9,11,19H,2-3,5,7-8H2,1H3. The summed E-state index contributed by atoms with van der Waals surface area (Å²) >= 11 is 0. The Morgan fingerprint density at radius 3 is 3.10 bits per heavy atom. The van der Waals surface area contributed by atoms with Gasteiger partial charge in [-0.05, 0) is 32.3 Å². The van der Waals surface area contributed by atoms with E-state index in [1.54, 1.807) is 27.7 Å². The van der Waals surface area contributed by atoms with Gasteiger partial charge in [-0.1, -0.05) is 0 Å². The van der Waals surface area contributed by atoms with Crippen LogP contribution in [0, 0.1) is 6.92 Å². The van der Waals surface area contributed by atoms with Crippen molar-refractivity contribution in [3.63, 3.8) is 0 Å². The molecule has 1 amide bonds. The summed E-state index contributed by atoms with van der Waals surface area (Å²) in [6.07, 6.45) is 3.58. The van der Waals surface area contributed by atoms with Crippen molar-refractivity contribution in [2.45, 2.75) is 32.3 Å². The number of hydrogen-bond donors (Lipinski definition) is 1. The quantitative estimate of drug-likeness (QED) is 0.843. The number of amides is 1. The van der Waals surface area contributed by atoms with Gasteiger partial charge in [0.05, 0.1) is 12.3 Å². The van der Waals surface area contributed by atoms with Crippen molar-refractivity contribution in [2.75, 3.05) is 13.1 Å². The van der Waals surface area contributed by atoms with Crippen LogP contribution in [0.4, 0.5) is 0 Å². The molecular weight excluding hydrogens is 256 g/mol. The number of rotatable bonds is 1. The molecule has 3 rings (SSSR count). The lowest BCUT2D eigenvalue weighted by Crippen LogP contribution is -2.33. The van der Waals surface area contributed by atoms with Crippen molar-refractivity contribution in [2.24, 2.45) is 0 Å². The van der Waals surface area contributed by atoms with Crippen LogP contribution >= 0.6 is 0 Å². The van der Waals surface area contributed by atoms with E-state index >= 15 is 0 Å². The zero-order valence-corrected chi connectivity index (χ0v) is 11.5. The first-order valence-corrected chi connectivity index (χ1v) is 6.94. The summed E-state index contributed by atoms with van der Waals surface area (Å²) in [5, 5.41) is 13.8. The highest BCUT2D eigenvalue weighted by atomic mass is 16.3. The predicted octanol–water partition coefficient (Wildman–Crippen LogP) is 1.02. The molecule has 1 fully saturated rings. The summed E-state index contributed by atoms with van der Waals surface area (Å²) in [5.41, 5.74) is 2.02. The smallest absolute Gasteiger partial charge is 0.272 e. The molecule has 2 aromatic heterocycles. The minimum atomic E-state index is -0.295. The molecule has 1 aliphatic heterocycles. The fraction of sp³-hybridized carbons (Fsp3) is 0.500. The average molecular weight is 274 g/mol. The maximum Gasteiger partial charge on any atom is 0.272 e. The topological polar surface area (TPSA) is 70.7 Å². The van der Waals surface area contributed by atoms with E-state index in [0.717, 1.165) is 18.5 Å². The van der Waals surface area contributed by atoms with Crippen molar-refractivity contribution >= 4 is 11.6 Å².